The molecule has 1 amide bonds. The van der Waals surface area contributed by atoms with Gasteiger partial charge in [0.2, 0.25) is 5.91 Å². The van der Waals surface area contributed by atoms with Crippen LogP contribution in [0.15, 0.2) is 60.0 Å². The van der Waals surface area contributed by atoms with Crippen LogP contribution in [0.1, 0.15) is 10.4 Å². The minimum Gasteiger partial charge on any atom is -0.460 e. The summed E-state index contributed by atoms with van der Waals surface area (Å²) in [7, 11) is 0. The quantitative estimate of drug-likeness (QED) is 0.590. The number of rotatable bonds is 5. The van der Waals surface area contributed by atoms with E-state index in [1.54, 1.807) is 16.2 Å². The highest BCUT2D eigenvalue weighted by Crippen LogP contribution is 2.52. The molecule has 2 fully saturated rings. The van der Waals surface area contributed by atoms with Gasteiger partial charge in [-0.2, -0.15) is 0 Å². The summed E-state index contributed by atoms with van der Waals surface area (Å²) in [6.07, 6.45) is 3.51. The number of hydrogen-bond acceptors (Lipinski definition) is 5. The van der Waals surface area contributed by atoms with Crippen LogP contribution in [-0.4, -0.2) is 35.0 Å². The van der Waals surface area contributed by atoms with Gasteiger partial charge >= 0.3 is 5.97 Å². The first kappa shape index (κ1) is 16.7. The van der Waals surface area contributed by atoms with Gasteiger partial charge in [-0.05, 0) is 17.0 Å². The largest absolute Gasteiger partial charge is 0.460 e. The minimum absolute atomic E-state index is 0.0167. The van der Waals surface area contributed by atoms with E-state index in [0.717, 1.165) is 10.4 Å². The fraction of sp³-hybridized carbons (Fsp3) is 0.333. The molecule has 0 saturated carbocycles. The van der Waals surface area contributed by atoms with E-state index < -0.39 is 17.4 Å². The van der Waals surface area contributed by atoms with Crippen LogP contribution in [0.3, 0.4) is 0 Å². The summed E-state index contributed by atoms with van der Waals surface area (Å²) in [6, 6.07) is 13.6. The Balaban J connectivity index is 1.33. The smallest absolute Gasteiger partial charge is 0.313 e. The number of carbonyl (C=O) groups is 2. The lowest BCUT2D eigenvalue weighted by atomic mass is 9.77. The zero-order valence-corrected chi connectivity index (χ0v) is 15.4. The maximum atomic E-state index is 13.1. The number of esters is 1. The summed E-state index contributed by atoms with van der Waals surface area (Å²) in [4.78, 5) is 28.8. The zero-order valence-electron chi connectivity index (χ0n) is 14.6. The Kier molecular flexibility index (Phi) is 3.91. The molecule has 1 aromatic heterocycles. The van der Waals surface area contributed by atoms with Crippen LogP contribution < -0.4 is 0 Å². The van der Waals surface area contributed by atoms with Gasteiger partial charge in [0, 0.05) is 4.88 Å². The molecule has 138 valence electrons. The molecule has 2 aromatic rings. The highest BCUT2D eigenvalue weighted by atomic mass is 32.1. The fourth-order valence-corrected chi connectivity index (χ4v) is 5.12. The molecule has 0 N–H and O–H groups in total. The normalized spacial score (nSPS) is 30.7. The molecule has 27 heavy (non-hydrogen) atoms. The van der Waals surface area contributed by atoms with Crippen molar-refractivity contribution in [2.24, 2.45) is 11.8 Å². The third-order valence-corrected chi connectivity index (χ3v) is 6.46. The molecule has 2 bridgehead atoms. The summed E-state index contributed by atoms with van der Waals surface area (Å²) in [5.41, 5.74) is 0.243. The van der Waals surface area contributed by atoms with Crippen LogP contribution in [-0.2, 0) is 32.2 Å². The first-order chi connectivity index (χ1) is 13.2. The number of ether oxygens (including phenoxy) is 2. The monoisotopic (exact) mass is 381 g/mol. The van der Waals surface area contributed by atoms with Gasteiger partial charge in [0.05, 0.1) is 25.1 Å². The van der Waals surface area contributed by atoms with Crippen LogP contribution >= 0.6 is 11.3 Å². The van der Waals surface area contributed by atoms with Crippen molar-refractivity contribution in [3.8, 4) is 0 Å². The maximum absolute atomic E-state index is 13.1. The van der Waals surface area contributed by atoms with Crippen molar-refractivity contribution < 1.29 is 19.1 Å². The van der Waals surface area contributed by atoms with Crippen molar-refractivity contribution in [3.05, 3.63) is 70.4 Å². The Bertz CT molecular complexity index is 894. The van der Waals surface area contributed by atoms with Crippen molar-refractivity contribution in [1.29, 1.82) is 0 Å². The number of nitrogens with zero attached hydrogens (tertiary/aromatic N) is 1. The van der Waals surface area contributed by atoms with Gasteiger partial charge in [0.1, 0.15) is 18.1 Å². The average Bonchev–Trinajstić information content (AvgIpc) is 3.44. The van der Waals surface area contributed by atoms with E-state index in [1.165, 1.54) is 0 Å². The molecule has 4 atom stereocenters. The zero-order chi connectivity index (χ0) is 18.4. The van der Waals surface area contributed by atoms with Crippen molar-refractivity contribution in [1.82, 2.24) is 4.90 Å². The van der Waals surface area contributed by atoms with E-state index in [2.05, 4.69) is 0 Å². The van der Waals surface area contributed by atoms with Crippen molar-refractivity contribution in [3.63, 3.8) is 0 Å². The summed E-state index contributed by atoms with van der Waals surface area (Å²) in [5.74, 6) is -1.43. The number of hydrogen-bond donors (Lipinski definition) is 0. The number of fused-ring (bicyclic) bond motifs is 1. The molecule has 1 spiro atoms. The topological polar surface area (TPSA) is 55.8 Å². The lowest BCUT2D eigenvalue weighted by Crippen LogP contribution is -2.39. The van der Waals surface area contributed by atoms with E-state index in [4.69, 9.17) is 9.47 Å². The minimum atomic E-state index is -0.685. The summed E-state index contributed by atoms with van der Waals surface area (Å²) < 4.78 is 11.7. The Morgan fingerprint density at radius 2 is 2.11 bits per heavy atom. The van der Waals surface area contributed by atoms with E-state index in [-0.39, 0.29) is 24.6 Å². The third-order valence-electron chi connectivity index (χ3n) is 5.60. The fourth-order valence-electron chi connectivity index (χ4n) is 4.40. The van der Waals surface area contributed by atoms with Crippen LogP contribution in [0, 0.1) is 11.8 Å². The molecule has 0 aliphatic carbocycles. The van der Waals surface area contributed by atoms with E-state index in [9.17, 15) is 9.59 Å². The molecule has 5 nitrogen and oxygen atoms in total. The first-order valence-corrected chi connectivity index (χ1v) is 9.93. The number of carbonyl (C=O) groups excluding carboxylic acids is 2. The van der Waals surface area contributed by atoms with Crippen molar-refractivity contribution in [2.75, 3.05) is 6.54 Å². The van der Waals surface area contributed by atoms with Crippen molar-refractivity contribution >= 4 is 23.2 Å². The summed E-state index contributed by atoms with van der Waals surface area (Å²) >= 11 is 1.63. The second-order valence-electron chi connectivity index (χ2n) is 7.27. The molecule has 6 heteroatoms. The van der Waals surface area contributed by atoms with Gasteiger partial charge in [-0.1, -0.05) is 48.6 Å². The summed E-state index contributed by atoms with van der Waals surface area (Å²) in [6.45, 7) is 1.26. The van der Waals surface area contributed by atoms with Gasteiger partial charge in [-0.15, -0.1) is 11.3 Å². The van der Waals surface area contributed by atoms with Crippen LogP contribution in [0.2, 0.25) is 0 Å². The highest BCUT2D eigenvalue weighted by Gasteiger charge is 2.67. The molecule has 5 rings (SSSR count). The van der Waals surface area contributed by atoms with Gasteiger partial charge in [-0.25, -0.2) is 0 Å². The second-order valence-corrected chi connectivity index (χ2v) is 8.30. The standard InChI is InChI=1S/C21H19NO4S/c23-19-18-17(20(24)25-12-14-5-2-1-3-6-14)16-8-9-21(18,26-16)13-22(19)11-15-7-4-10-27-15/h1-10,16-18H,11-13H2/t16-,17+,18-,21+/m0/s1. The molecule has 0 radical (unpaired) electrons. The molecule has 1 aromatic carbocycles. The molecule has 3 aliphatic heterocycles. The Morgan fingerprint density at radius 3 is 2.89 bits per heavy atom. The Hall–Kier alpha value is -2.44. The van der Waals surface area contributed by atoms with Crippen LogP contribution in [0.4, 0.5) is 0 Å². The molecule has 2 saturated heterocycles. The van der Waals surface area contributed by atoms with Gasteiger partial charge in [0.25, 0.3) is 0 Å². The Labute approximate surface area is 161 Å². The lowest BCUT2D eigenvalue weighted by Gasteiger charge is -2.22. The predicted molar refractivity (Wildman–Crippen MR) is 99.7 cm³/mol. The van der Waals surface area contributed by atoms with E-state index in [1.807, 2.05) is 60.0 Å². The second kappa shape index (κ2) is 6.32. The number of amides is 1. The molecule has 4 heterocycles. The van der Waals surface area contributed by atoms with Gasteiger partial charge in [-0.3, -0.25) is 9.59 Å². The maximum Gasteiger partial charge on any atom is 0.313 e. The predicted octanol–water partition coefficient (Wildman–Crippen LogP) is 2.77. The summed E-state index contributed by atoms with van der Waals surface area (Å²) in [5, 5.41) is 2.00. The SMILES string of the molecule is O=C(OCc1ccccc1)[C@@H]1[C@@H]2C=C[C@]3(CN(Cc4cccs4)C(=O)[C@H]13)O2. The van der Waals surface area contributed by atoms with Crippen molar-refractivity contribution in [2.45, 2.75) is 24.9 Å². The van der Waals surface area contributed by atoms with Gasteiger partial charge < -0.3 is 14.4 Å². The molecule has 0 unspecified atom stereocenters. The van der Waals surface area contributed by atoms with Gasteiger partial charge in [0.15, 0.2) is 0 Å². The van der Waals surface area contributed by atoms with Crippen LogP contribution in [0.5, 0.6) is 0 Å². The van der Waals surface area contributed by atoms with E-state index >= 15 is 0 Å². The number of thiophene rings is 1. The third kappa shape index (κ3) is 2.71. The lowest BCUT2D eigenvalue weighted by molar-refractivity contribution is -0.155. The number of benzene rings is 1. The Morgan fingerprint density at radius 1 is 1.26 bits per heavy atom. The highest BCUT2D eigenvalue weighted by molar-refractivity contribution is 7.09. The van der Waals surface area contributed by atoms with E-state index in [0.29, 0.717) is 13.1 Å². The average molecular weight is 381 g/mol. The van der Waals surface area contributed by atoms with Crippen LogP contribution in [0.25, 0.3) is 0 Å². The number of likely N-dealkylation sites (tertiary alicyclic amines) is 1. The molecular formula is C21H19NO4S. The first-order valence-electron chi connectivity index (χ1n) is 9.05. The molecular weight excluding hydrogens is 362 g/mol. The molecule has 3 aliphatic rings.